The highest BCUT2D eigenvalue weighted by molar-refractivity contribution is 7.99. The summed E-state index contributed by atoms with van der Waals surface area (Å²) in [5.41, 5.74) is 3.52. The first kappa shape index (κ1) is 18.6. The molecule has 4 aromatic rings. The summed E-state index contributed by atoms with van der Waals surface area (Å²) in [6, 6.07) is 11.5. The molecule has 0 radical (unpaired) electrons. The van der Waals surface area contributed by atoms with E-state index >= 15 is 0 Å². The van der Waals surface area contributed by atoms with E-state index in [4.69, 9.17) is 0 Å². The van der Waals surface area contributed by atoms with E-state index < -0.39 is 0 Å². The van der Waals surface area contributed by atoms with Crippen molar-refractivity contribution in [1.82, 2.24) is 24.6 Å². The molecule has 3 aromatic heterocycles. The molecule has 0 fully saturated rings. The first-order chi connectivity index (χ1) is 13.5. The summed E-state index contributed by atoms with van der Waals surface area (Å²) in [5.74, 6) is 0.663. The van der Waals surface area contributed by atoms with Gasteiger partial charge in [-0.2, -0.15) is 4.98 Å². The maximum atomic E-state index is 13.1. The monoisotopic (exact) mass is 410 g/mol. The maximum Gasteiger partial charge on any atom is 0.253 e. The van der Waals surface area contributed by atoms with Crippen LogP contribution in [0.3, 0.4) is 0 Å². The molecule has 0 spiro atoms. The van der Waals surface area contributed by atoms with Gasteiger partial charge in [0.05, 0.1) is 17.1 Å². The average molecular weight is 411 g/mol. The Labute approximate surface area is 170 Å². The number of fused-ring (bicyclic) bond motifs is 1. The lowest BCUT2D eigenvalue weighted by molar-refractivity contribution is -0.115. The summed E-state index contributed by atoms with van der Waals surface area (Å²) in [7, 11) is 0. The zero-order valence-corrected chi connectivity index (χ0v) is 17.3. The van der Waals surface area contributed by atoms with Gasteiger partial charge in [0.25, 0.3) is 5.78 Å². The molecule has 0 unspecified atom stereocenters. The molecule has 0 aliphatic carbocycles. The number of aryl methyl sites for hydroxylation is 3. The molecule has 1 aromatic carbocycles. The standard InChI is InChI=1S/C19H18N6OS2/c1-12-9-14(3)25-17(20-12)22-18(23-25)27-11-16(26)24(15-7-5-4-6-8-15)19-21-13(2)10-28-19/h4-10H,11H2,1-3H3. The Morgan fingerprint density at radius 2 is 1.89 bits per heavy atom. The fraction of sp³-hybridized carbons (Fsp3) is 0.211. The van der Waals surface area contributed by atoms with Crippen LogP contribution in [0.15, 0.2) is 46.9 Å². The molecule has 4 rings (SSSR count). The number of anilines is 2. The third kappa shape index (κ3) is 3.76. The van der Waals surface area contributed by atoms with Crippen molar-refractivity contribution < 1.29 is 4.79 Å². The molecule has 9 heteroatoms. The average Bonchev–Trinajstić information content (AvgIpc) is 3.27. The fourth-order valence-corrected chi connectivity index (χ4v) is 4.29. The van der Waals surface area contributed by atoms with Crippen molar-refractivity contribution in [2.24, 2.45) is 0 Å². The van der Waals surface area contributed by atoms with Crippen LogP contribution in [-0.4, -0.2) is 36.2 Å². The topological polar surface area (TPSA) is 76.3 Å². The Morgan fingerprint density at radius 1 is 1.11 bits per heavy atom. The Hall–Kier alpha value is -2.78. The van der Waals surface area contributed by atoms with Crippen molar-refractivity contribution in [2.45, 2.75) is 25.9 Å². The van der Waals surface area contributed by atoms with E-state index in [-0.39, 0.29) is 11.7 Å². The molecule has 7 nitrogen and oxygen atoms in total. The van der Waals surface area contributed by atoms with Gasteiger partial charge in [-0.3, -0.25) is 9.69 Å². The van der Waals surface area contributed by atoms with E-state index in [1.165, 1.54) is 23.1 Å². The number of rotatable bonds is 5. The number of thiazole rings is 1. The van der Waals surface area contributed by atoms with Gasteiger partial charge >= 0.3 is 0 Å². The lowest BCUT2D eigenvalue weighted by Crippen LogP contribution is -2.27. The van der Waals surface area contributed by atoms with Gasteiger partial charge in [-0.15, -0.1) is 16.4 Å². The van der Waals surface area contributed by atoms with Crippen molar-refractivity contribution in [3.8, 4) is 0 Å². The molecule has 0 bridgehead atoms. The second kappa shape index (κ2) is 7.69. The van der Waals surface area contributed by atoms with E-state index in [1.807, 2.05) is 62.5 Å². The summed E-state index contributed by atoms with van der Waals surface area (Å²) in [4.78, 5) is 28.0. The molecule has 28 heavy (non-hydrogen) atoms. The number of nitrogens with zero attached hydrogens (tertiary/aromatic N) is 6. The van der Waals surface area contributed by atoms with Crippen molar-refractivity contribution in [1.29, 1.82) is 0 Å². The normalized spacial score (nSPS) is 11.1. The van der Waals surface area contributed by atoms with Gasteiger partial charge in [0.15, 0.2) is 5.13 Å². The lowest BCUT2D eigenvalue weighted by atomic mass is 10.3. The van der Waals surface area contributed by atoms with Crippen molar-refractivity contribution >= 4 is 45.6 Å². The Balaban J connectivity index is 1.57. The number of thioether (sulfide) groups is 1. The molecule has 0 atom stereocenters. The zero-order valence-electron chi connectivity index (χ0n) is 15.7. The number of hydrogen-bond acceptors (Lipinski definition) is 7. The summed E-state index contributed by atoms with van der Waals surface area (Å²) in [6.45, 7) is 5.80. The summed E-state index contributed by atoms with van der Waals surface area (Å²) >= 11 is 2.75. The van der Waals surface area contributed by atoms with E-state index in [2.05, 4.69) is 20.1 Å². The van der Waals surface area contributed by atoms with Crippen LogP contribution in [0.4, 0.5) is 10.8 Å². The zero-order chi connectivity index (χ0) is 19.7. The van der Waals surface area contributed by atoms with Gasteiger partial charge in [-0.25, -0.2) is 14.5 Å². The van der Waals surface area contributed by atoms with Crippen LogP contribution in [0.2, 0.25) is 0 Å². The van der Waals surface area contributed by atoms with Crippen molar-refractivity contribution in [3.63, 3.8) is 0 Å². The van der Waals surface area contributed by atoms with Crippen LogP contribution in [0, 0.1) is 20.8 Å². The largest absolute Gasteiger partial charge is 0.273 e. The number of aromatic nitrogens is 5. The molecule has 142 valence electrons. The van der Waals surface area contributed by atoms with Gasteiger partial charge < -0.3 is 0 Å². The molecule has 0 saturated carbocycles. The van der Waals surface area contributed by atoms with Crippen molar-refractivity contribution in [3.05, 3.63) is 58.9 Å². The number of hydrogen-bond donors (Lipinski definition) is 0. The second-order valence-electron chi connectivity index (χ2n) is 6.27. The highest BCUT2D eigenvalue weighted by Gasteiger charge is 2.22. The molecule has 0 aliphatic rings. The van der Waals surface area contributed by atoms with E-state index in [9.17, 15) is 4.79 Å². The van der Waals surface area contributed by atoms with E-state index in [0.29, 0.717) is 16.1 Å². The number of amides is 1. The summed E-state index contributed by atoms with van der Waals surface area (Å²) in [5, 5.41) is 7.58. The molecular weight excluding hydrogens is 392 g/mol. The van der Waals surface area contributed by atoms with Crippen LogP contribution in [0.25, 0.3) is 5.78 Å². The lowest BCUT2D eigenvalue weighted by Gasteiger charge is -2.19. The summed E-state index contributed by atoms with van der Waals surface area (Å²) in [6.07, 6.45) is 0. The minimum atomic E-state index is -0.0785. The first-order valence-corrected chi connectivity index (χ1v) is 10.5. The number of para-hydroxylation sites is 1. The van der Waals surface area contributed by atoms with Gasteiger partial charge in [-0.1, -0.05) is 30.0 Å². The van der Waals surface area contributed by atoms with E-state index in [0.717, 1.165) is 22.8 Å². The van der Waals surface area contributed by atoms with Crippen molar-refractivity contribution in [2.75, 3.05) is 10.7 Å². The predicted molar refractivity (Wildman–Crippen MR) is 111 cm³/mol. The molecule has 0 aliphatic heterocycles. The summed E-state index contributed by atoms with van der Waals surface area (Å²) < 4.78 is 1.69. The highest BCUT2D eigenvalue weighted by atomic mass is 32.2. The molecule has 3 heterocycles. The smallest absolute Gasteiger partial charge is 0.253 e. The quantitative estimate of drug-likeness (QED) is 0.464. The van der Waals surface area contributed by atoms with Crippen LogP contribution < -0.4 is 4.90 Å². The third-order valence-corrected chi connectivity index (χ3v) is 5.75. The highest BCUT2D eigenvalue weighted by Crippen LogP contribution is 2.29. The minimum absolute atomic E-state index is 0.0785. The van der Waals surface area contributed by atoms with Crippen LogP contribution in [-0.2, 0) is 4.79 Å². The van der Waals surface area contributed by atoms with Crippen LogP contribution in [0.1, 0.15) is 17.1 Å². The Morgan fingerprint density at radius 3 is 2.61 bits per heavy atom. The maximum absolute atomic E-state index is 13.1. The van der Waals surface area contributed by atoms with E-state index in [1.54, 1.807) is 9.42 Å². The number of carbonyl (C=O) groups is 1. The Bertz CT molecular complexity index is 1140. The minimum Gasteiger partial charge on any atom is -0.273 e. The number of benzene rings is 1. The second-order valence-corrected chi connectivity index (χ2v) is 8.05. The van der Waals surface area contributed by atoms with Gasteiger partial charge in [-0.05, 0) is 39.0 Å². The predicted octanol–water partition coefficient (Wildman–Crippen LogP) is 3.96. The molecule has 0 N–H and O–H groups in total. The molecule has 0 saturated heterocycles. The molecule has 1 amide bonds. The fourth-order valence-electron chi connectivity index (χ4n) is 2.78. The SMILES string of the molecule is Cc1csc(N(C(=O)CSc2nc3nc(C)cc(C)n3n2)c2ccccc2)n1. The Kier molecular flexibility index (Phi) is 5.10. The van der Waals surface area contributed by atoms with Gasteiger partial charge in [0.1, 0.15) is 0 Å². The first-order valence-electron chi connectivity index (χ1n) is 8.65. The number of carbonyl (C=O) groups excluding carboxylic acids is 1. The van der Waals surface area contributed by atoms with Crippen LogP contribution in [0.5, 0.6) is 0 Å². The van der Waals surface area contributed by atoms with Gasteiger partial charge in [0.2, 0.25) is 11.1 Å². The third-order valence-electron chi connectivity index (χ3n) is 3.99. The van der Waals surface area contributed by atoms with Crippen LogP contribution >= 0.6 is 23.1 Å². The van der Waals surface area contributed by atoms with Gasteiger partial charge in [0, 0.05) is 16.8 Å². The molecular formula is C19H18N6OS2.